The summed E-state index contributed by atoms with van der Waals surface area (Å²) in [4.78, 5) is 18.5. The van der Waals surface area contributed by atoms with Crippen LogP contribution in [0.2, 0.25) is 0 Å². The Morgan fingerprint density at radius 3 is 2.84 bits per heavy atom. The number of aromatic nitrogens is 3. The van der Waals surface area contributed by atoms with Gasteiger partial charge in [0.2, 0.25) is 0 Å². The van der Waals surface area contributed by atoms with Crippen LogP contribution in [-0.2, 0) is 0 Å². The first-order valence-electron chi connectivity index (χ1n) is 8.40. The number of nitrogens with zero attached hydrogens (tertiary/aromatic N) is 3. The summed E-state index contributed by atoms with van der Waals surface area (Å²) in [5.41, 5.74) is 8.23. The number of aliphatic hydroxyl groups excluding tert-OH is 1. The highest BCUT2D eigenvalue weighted by Gasteiger charge is 2.25. The standard InChI is InChI=1S/C17H20FN5O2/c18-11-7-12(16(19)25)15-14(8-11)21-17-13(9-20-23(15)17)10-1-3-22(4-2-10)5-6-24/h7-10,20,24H,1-6H2,(H2,19,25). The Kier molecular flexibility index (Phi) is 3.93. The second kappa shape index (κ2) is 6.12. The Morgan fingerprint density at radius 2 is 2.16 bits per heavy atom. The third kappa shape index (κ3) is 2.67. The molecule has 0 saturated carbocycles. The smallest absolute Gasteiger partial charge is 0.251 e. The number of nitrogens with two attached hydrogens (primary N) is 1. The molecular formula is C17H20FN5O2. The molecule has 1 aromatic carbocycles. The van der Waals surface area contributed by atoms with E-state index in [2.05, 4.69) is 15.0 Å². The first-order chi connectivity index (χ1) is 12.1. The molecule has 4 rings (SSSR count). The highest BCUT2D eigenvalue weighted by atomic mass is 19.1. The number of rotatable bonds is 4. The van der Waals surface area contributed by atoms with Gasteiger partial charge in [0, 0.05) is 24.4 Å². The van der Waals surface area contributed by atoms with E-state index < -0.39 is 11.7 Å². The van der Waals surface area contributed by atoms with Crippen molar-refractivity contribution in [1.82, 2.24) is 19.5 Å². The van der Waals surface area contributed by atoms with E-state index in [1.54, 1.807) is 4.52 Å². The van der Waals surface area contributed by atoms with E-state index in [4.69, 9.17) is 10.8 Å². The zero-order valence-electron chi connectivity index (χ0n) is 13.7. The number of benzene rings is 1. The van der Waals surface area contributed by atoms with Gasteiger partial charge in [-0.3, -0.25) is 9.89 Å². The molecule has 1 saturated heterocycles. The van der Waals surface area contributed by atoms with E-state index in [-0.39, 0.29) is 12.2 Å². The third-order valence-electron chi connectivity index (χ3n) is 5.03. The minimum atomic E-state index is -0.681. The van der Waals surface area contributed by atoms with Gasteiger partial charge >= 0.3 is 0 Å². The van der Waals surface area contributed by atoms with Crippen LogP contribution in [0.5, 0.6) is 0 Å². The van der Waals surface area contributed by atoms with Gasteiger partial charge in [0.25, 0.3) is 5.91 Å². The normalized spacial score (nSPS) is 16.9. The van der Waals surface area contributed by atoms with Crippen molar-refractivity contribution in [3.8, 4) is 0 Å². The summed E-state index contributed by atoms with van der Waals surface area (Å²) in [6, 6.07) is 2.46. The molecule has 4 N–H and O–H groups in total. The zero-order valence-corrected chi connectivity index (χ0v) is 13.7. The number of aliphatic hydroxyl groups is 1. The van der Waals surface area contributed by atoms with E-state index in [0.717, 1.165) is 37.6 Å². The maximum Gasteiger partial charge on any atom is 0.251 e. The number of amides is 1. The van der Waals surface area contributed by atoms with Crippen molar-refractivity contribution in [1.29, 1.82) is 0 Å². The van der Waals surface area contributed by atoms with Crippen LogP contribution in [-0.4, -0.2) is 56.8 Å². The van der Waals surface area contributed by atoms with E-state index in [0.29, 0.717) is 29.1 Å². The van der Waals surface area contributed by atoms with Crippen LogP contribution in [0.15, 0.2) is 18.3 Å². The highest BCUT2D eigenvalue weighted by Crippen LogP contribution is 2.32. The Morgan fingerprint density at radius 1 is 1.40 bits per heavy atom. The van der Waals surface area contributed by atoms with Gasteiger partial charge in [-0.05, 0) is 37.9 Å². The van der Waals surface area contributed by atoms with Crippen molar-refractivity contribution in [2.24, 2.45) is 5.73 Å². The number of fused-ring (bicyclic) bond motifs is 3. The third-order valence-corrected chi connectivity index (χ3v) is 5.03. The molecule has 1 fully saturated rings. The van der Waals surface area contributed by atoms with Gasteiger partial charge in [0.1, 0.15) is 11.3 Å². The van der Waals surface area contributed by atoms with Gasteiger partial charge in [-0.2, -0.15) is 0 Å². The fourth-order valence-corrected chi connectivity index (χ4v) is 3.79. The van der Waals surface area contributed by atoms with Crippen molar-refractivity contribution >= 4 is 22.6 Å². The molecule has 25 heavy (non-hydrogen) atoms. The Labute approximate surface area is 143 Å². The number of halogens is 1. The zero-order chi connectivity index (χ0) is 17.6. The van der Waals surface area contributed by atoms with Crippen LogP contribution in [0.25, 0.3) is 16.7 Å². The number of carbonyl (C=O) groups excluding carboxylic acids is 1. The fraction of sp³-hybridized carbons (Fsp3) is 0.412. The van der Waals surface area contributed by atoms with Crippen molar-refractivity contribution in [2.45, 2.75) is 18.8 Å². The molecule has 3 heterocycles. The lowest BCUT2D eigenvalue weighted by Crippen LogP contribution is -2.34. The van der Waals surface area contributed by atoms with Crippen molar-refractivity contribution in [3.05, 3.63) is 35.3 Å². The molecule has 3 aromatic rings. The molecule has 1 aliphatic heterocycles. The number of β-amino-alcohol motifs (C(OH)–C–C–N with tert-alkyl or cyclic N) is 1. The Bertz CT molecular complexity index is 939. The number of nitrogens with one attached hydrogen (secondary N) is 1. The minimum absolute atomic E-state index is 0.119. The van der Waals surface area contributed by atoms with Gasteiger partial charge < -0.3 is 15.7 Å². The van der Waals surface area contributed by atoms with Crippen molar-refractivity contribution in [3.63, 3.8) is 0 Å². The average molecular weight is 345 g/mol. The number of hydrogen-bond donors (Lipinski definition) is 3. The van der Waals surface area contributed by atoms with Crippen LogP contribution in [0.4, 0.5) is 4.39 Å². The van der Waals surface area contributed by atoms with Crippen molar-refractivity contribution in [2.75, 3.05) is 26.2 Å². The van der Waals surface area contributed by atoms with Crippen molar-refractivity contribution < 1.29 is 14.3 Å². The molecule has 7 nitrogen and oxygen atoms in total. The van der Waals surface area contributed by atoms with E-state index in [1.807, 2.05) is 6.20 Å². The summed E-state index contributed by atoms with van der Waals surface area (Å²) in [6.45, 7) is 2.71. The number of imidazole rings is 1. The molecule has 0 atom stereocenters. The maximum absolute atomic E-state index is 13.8. The molecule has 0 unspecified atom stereocenters. The molecule has 0 aliphatic carbocycles. The Balaban J connectivity index is 1.75. The number of carbonyl (C=O) groups is 1. The molecule has 8 heteroatoms. The molecule has 0 spiro atoms. The van der Waals surface area contributed by atoms with Gasteiger partial charge in [-0.15, -0.1) is 0 Å². The largest absolute Gasteiger partial charge is 0.395 e. The van der Waals surface area contributed by atoms with E-state index >= 15 is 0 Å². The van der Waals surface area contributed by atoms with E-state index in [9.17, 15) is 9.18 Å². The van der Waals surface area contributed by atoms with Crippen LogP contribution in [0.3, 0.4) is 0 Å². The second-order valence-electron chi connectivity index (χ2n) is 6.52. The number of H-pyrrole nitrogens is 1. The first-order valence-corrected chi connectivity index (χ1v) is 8.40. The second-order valence-corrected chi connectivity index (χ2v) is 6.52. The quantitative estimate of drug-likeness (QED) is 0.662. The number of primary amides is 1. The SMILES string of the molecule is NC(=O)c1cc(F)cc2nc3c(C4CCN(CCO)CC4)c[nH]n3c12. The first kappa shape index (κ1) is 16.0. The molecule has 2 aromatic heterocycles. The lowest BCUT2D eigenvalue weighted by molar-refractivity contribution is 0.100. The average Bonchev–Trinajstić information content (AvgIpc) is 3.13. The van der Waals surface area contributed by atoms with Gasteiger partial charge in [-0.25, -0.2) is 13.9 Å². The minimum Gasteiger partial charge on any atom is -0.395 e. The summed E-state index contributed by atoms with van der Waals surface area (Å²) in [5.74, 6) is -0.872. The Hall–Kier alpha value is -2.45. The van der Waals surface area contributed by atoms with Gasteiger partial charge in [-0.1, -0.05) is 0 Å². The molecule has 132 valence electrons. The van der Waals surface area contributed by atoms with E-state index in [1.165, 1.54) is 6.07 Å². The predicted octanol–water partition coefficient (Wildman–Crippen LogP) is 1.23. The number of hydrogen-bond acceptors (Lipinski definition) is 4. The summed E-state index contributed by atoms with van der Waals surface area (Å²) in [5, 5.41) is 12.2. The molecule has 0 radical (unpaired) electrons. The molecule has 0 bridgehead atoms. The topological polar surface area (TPSA) is 99.7 Å². The van der Waals surface area contributed by atoms with Gasteiger partial charge in [0.05, 0.1) is 17.7 Å². The molecule has 1 aliphatic rings. The highest BCUT2D eigenvalue weighted by molar-refractivity contribution is 6.05. The summed E-state index contributed by atoms with van der Waals surface area (Å²) in [6.07, 6.45) is 3.84. The lowest BCUT2D eigenvalue weighted by Gasteiger charge is -2.30. The monoisotopic (exact) mass is 345 g/mol. The van der Waals surface area contributed by atoms with Gasteiger partial charge in [0.15, 0.2) is 5.65 Å². The summed E-state index contributed by atoms with van der Waals surface area (Å²) in [7, 11) is 0. The summed E-state index contributed by atoms with van der Waals surface area (Å²) >= 11 is 0. The number of aromatic amines is 1. The van der Waals surface area contributed by atoms with Crippen LogP contribution in [0.1, 0.15) is 34.7 Å². The number of likely N-dealkylation sites (tertiary alicyclic amines) is 1. The number of piperidine rings is 1. The van der Waals surface area contributed by atoms with Crippen LogP contribution < -0.4 is 5.73 Å². The molecule has 1 amide bonds. The predicted molar refractivity (Wildman–Crippen MR) is 91.0 cm³/mol. The maximum atomic E-state index is 13.8. The van der Waals surface area contributed by atoms with Crippen LogP contribution >= 0.6 is 0 Å². The lowest BCUT2D eigenvalue weighted by atomic mass is 9.91. The van der Waals surface area contributed by atoms with Crippen LogP contribution in [0, 0.1) is 5.82 Å². The summed E-state index contributed by atoms with van der Waals surface area (Å²) < 4.78 is 15.5. The fourth-order valence-electron chi connectivity index (χ4n) is 3.79. The molecular weight excluding hydrogens is 325 g/mol.